The molecule has 0 amide bonds. The van der Waals surface area contributed by atoms with Crippen LogP contribution < -0.4 is 0 Å². The highest BCUT2D eigenvalue weighted by molar-refractivity contribution is 5.73. The van der Waals surface area contributed by atoms with Crippen molar-refractivity contribution in [3.63, 3.8) is 0 Å². The molecule has 0 saturated heterocycles. The van der Waals surface area contributed by atoms with Gasteiger partial charge in [0.05, 0.1) is 18.3 Å². The van der Waals surface area contributed by atoms with Gasteiger partial charge in [-0.25, -0.2) is 0 Å². The number of carboxylic acids is 1. The van der Waals surface area contributed by atoms with Crippen LogP contribution in [0.15, 0.2) is 12.8 Å². The summed E-state index contributed by atoms with van der Waals surface area (Å²) in [7, 11) is 0. The van der Waals surface area contributed by atoms with Crippen molar-refractivity contribution in [2.75, 3.05) is 6.61 Å². The van der Waals surface area contributed by atoms with Gasteiger partial charge >= 0.3 is 5.97 Å². The number of ether oxygens (including phenoxy) is 1. The molecule has 0 radical (unpaired) electrons. The molecule has 12 heavy (non-hydrogen) atoms. The monoisotopic (exact) mass is 172 g/mol. The highest BCUT2D eigenvalue weighted by Crippen LogP contribution is 2.22. The molecule has 0 aliphatic heterocycles. The molecule has 3 heteroatoms. The van der Waals surface area contributed by atoms with Crippen LogP contribution in [-0.4, -0.2) is 17.7 Å². The van der Waals surface area contributed by atoms with Crippen molar-refractivity contribution in [2.24, 2.45) is 5.41 Å². The van der Waals surface area contributed by atoms with Gasteiger partial charge in [0.2, 0.25) is 0 Å². The molecule has 70 valence electrons. The van der Waals surface area contributed by atoms with Crippen LogP contribution in [0.4, 0.5) is 0 Å². The van der Waals surface area contributed by atoms with Gasteiger partial charge in [0, 0.05) is 0 Å². The van der Waals surface area contributed by atoms with Crippen LogP contribution in [0.3, 0.4) is 0 Å². The first-order valence-electron chi connectivity index (χ1n) is 3.96. The molecule has 0 bridgehead atoms. The van der Waals surface area contributed by atoms with Gasteiger partial charge in [-0.3, -0.25) is 4.79 Å². The maximum atomic E-state index is 10.6. The number of carboxylic acid groups (broad SMARTS) is 1. The third kappa shape index (κ3) is 4.01. The zero-order valence-electron chi connectivity index (χ0n) is 7.67. The highest BCUT2D eigenvalue weighted by Gasteiger charge is 2.25. The Balaban J connectivity index is 3.61. The van der Waals surface area contributed by atoms with Crippen LogP contribution in [0.5, 0.6) is 0 Å². The third-order valence-corrected chi connectivity index (χ3v) is 1.76. The van der Waals surface area contributed by atoms with E-state index in [1.165, 1.54) is 6.26 Å². The number of hydrogen-bond donors (Lipinski definition) is 1. The summed E-state index contributed by atoms with van der Waals surface area (Å²) in [6, 6.07) is 0. The minimum absolute atomic E-state index is 0.542. The zero-order chi connectivity index (χ0) is 9.61. The standard InChI is InChI=1S/C9H16O3/c1-4-12-7-5-6-9(2,3)8(10)11/h4H,1,5-7H2,2-3H3,(H,10,11). The number of aliphatic carboxylic acids is 1. The van der Waals surface area contributed by atoms with Gasteiger partial charge in [0.25, 0.3) is 0 Å². The first kappa shape index (κ1) is 11.0. The van der Waals surface area contributed by atoms with Crippen LogP contribution in [0, 0.1) is 5.41 Å². The summed E-state index contributed by atoms with van der Waals surface area (Å²) in [5.41, 5.74) is -0.648. The molecule has 0 atom stereocenters. The maximum Gasteiger partial charge on any atom is 0.309 e. The highest BCUT2D eigenvalue weighted by atomic mass is 16.5. The lowest BCUT2D eigenvalue weighted by Crippen LogP contribution is -2.23. The molecule has 0 aromatic carbocycles. The maximum absolute atomic E-state index is 10.6. The van der Waals surface area contributed by atoms with Gasteiger partial charge in [-0.15, -0.1) is 0 Å². The van der Waals surface area contributed by atoms with Crippen LogP contribution in [0.25, 0.3) is 0 Å². The van der Waals surface area contributed by atoms with Gasteiger partial charge < -0.3 is 9.84 Å². The number of hydrogen-bond acceptors (Lipinski definition) is 2. The summed E-state index contributed by atoms with van der Waals surface area (Å²) in [5.74, 6) is -0.763. The first-order valence-corrected chi connectivity index (χ1v) is 3.96. The van der Waals surface area contributed by atoms with Gasteiger partial charge in [0.15, 0.2) is 0 Å². The Morgan fingerprint density at radius 3 is 2.67 bits per heavy atom. The predicted octanol–water partition coefficient (Wildman–Crippen LogP) is 2.04. The lowest BCUT2D eigenvalue weighted by atomic mass is 9.88. The molecule has 0 unspecified atom stereocenters. The number of rotatable bonds is 6. The predicted molar refractivity (Wildman–Crippen MR) is 46.8 cm³/mol. The van der Waals surface area contributed by atoms with E-state index in [2.05, 4.69) is 6.58 Å². The first-order chi connectivity index (χ1) is 5.50. The molecule has 0 aliphatic carbocycles. The van der Waals surface area contributed by atoms with Crippen LogP contribution in [0.2, 0.25) is 0 Å². The summed E-state index contributed by atoms with van der Waals surface area (Å²) in [6.45, 7) is 7.36. The Hall–Kier alpha value is -0.990. The van der Waals surface area contributed by atoms with Crippen molar-refractivity contribution in [1.29, 1.82) is 0 Å². The fourth-order valence-corrected chi connectivity index (χ4v) is 0.788. The van der Waals surface area contributed by atoms with E-state index in [0.29, 0.717) is 13.0 Å². The van der Waals surface area contributed by atoms with Crippen molar-refractivity contribution in [3.8, 4) is 0 Å². The van der Waals surface area contributed by atoms with Gasteiger partial charge in [-0.05, 0) is 26.7 Å². The number of carbonyl (C=O) groups is 1. The summed E-state index contributed by atoms with van der Waals surface area (Å²) >= 11 is 0. The average molecular weight is 172 g/mol. The van der Waals surface area contributed by atoms with E-state index in [1.807, 2.05) is 0 Å². The normalized spacial score (nSPS) is 10.8. The Morgan fingerprint density at radius 2 is 2.25 bits per heavy atom. The molecule has 0 aliphatic rings. The molecule has 3 nitrogen and oxygen atoms in total. The van der Waals surface area contributed by atoms with Gasteiger partial charge in [-0.1, -0.05) is 6.58 Å². The molecule has 0 saturated carbocycles. The molecule has 0 aromatic heterocycles. The van der Waals surface area contributed by atoms with E-state index in [9.17, 15) is 4.79 Å². The van der Waals surface area contributed by atoms with Crippen LogP contribution >= 0.6 is 0 Å². The van der Waals surface area contributed by atoms with Crippen LogP contribution in [-0.2, 0) is 9.53 Å². The van der Waals surface area contributed by atoms with E-state index in [0.717, 1.165) is 6.42 Å². The summed E-state index contributed by atoms with van der Waals surface area (Å²) < 4.78 is 4.88. The van der Waals surface area contributed by atoms with E-state index < -0.39 is 11.4 Å². The van der Waals surface area contributed by atoms with Gasteiger partial charge in [-0.2, -0.15) is 0 Å². The lowest BCUT2D eigenvalue weighted by molar-refractivity contribution is -0.147. The van der Waals surface area contributed by atoms with E-state index in [-0.39, 0.29) is 0 Å². The van der Waals surface area contributed by atoms with Crippen molar-refractivity contribution >= 4 is 5.97 Å². The zero-order valence-corrected chi connectivity index (χ0v) is 7.67. The Bertz CT molecular complexity index is 161. The second kappa shape index (κ2) is 4.80. The minimum atomic E-state index is -0.763. The minimum Gasteiger partial charge on any atom is -0.502 e. The molecule has 1 N–H and O–H groups in total. The summed E-state index contributed by atoms with van der Waals surface area (Å²) in [6.07, 6.45) is 2.73. The molecule has 0 heterocycles. The van der Waals surface area contributed by atoms with E-state index in [1.54, 1.807) is 13.8 Å². The fourth-order valence-electron chi connectivity index (χ4n) is 0.788. The Kier molecular flexibility index (Phi) is 4.40. The smallest absolute Gasteiger partial charge is 0.309 e. The Labute approximate surface area is 73.0 Å². The summed E-state index contributed by atoms with van der Waals surface area (Å²) in [4.78, 5) is 10.6. The summed E-state index contributed by atoms with van der Waals surface area (Å²) in [5, 5.41) is 8.74. The fraction of sp³-hybridized carbons (Fsp3) is 0.667. The van der Waals surface area contributed by atoms with Crippen molar-refractivity contribution < 1.29 is 14.6 Å². The quantitative estimate of drug-likeness (QED) is 0.492. The van der Waals surface area contributed by atoms with E-state index in [4.69, 9.17) is 9.84 Å². The second-order valence-corrected chi connectivity index (χ2v) is 3.33. The molecule has 0 fully saturated rings. The molecular weight excluding hydrogens is 156 g/mol. The van der Waals surface area contributed by atoms with E-state index >= 15 is 0 Å². The molecule has 0 spiro atoms. The molecule has 0 aromatic rings. The van der Waals surface area contributed by atoms with Crippen molar-refractivity contribution in [3.05, 3.63) is 12.8 Å². The average Bonchev–Trinajstić information content (AvgIpc) is 1.98. The third-order valence-electron chi connectivity index (χ3n) is 1.76. The van der Waals surface area contributed by atoms with Crippen LogP contribution in [0.1, 0.15) is 26.7 Å². The van der Waals surface area contributed by atoms with Gasteiger partial charge in [0.1, 0.15) is 0 Å². The lowest BCUT2D eigenvalue weighted by Gasteiger charge is -2.18. The topological polar surface area (TPSA) is 46.5 Å². The molecule has 0 rings (SSSR count). The van der Waals surface area contributed by atoms with Crippen molar-refractivity contribution in [1.82, 2.24) is 0 Å². The Morgan fingerprint density at radius 1 is 1.67 bits per heavy atom. The van der Waals surface area contributed by atoms with Crippen molar-refractivity contribution in [2.45, 2.75) is 26.7 Å². The largest absolute Gasteiger partial charge is 0.502 e. The molecular formula is C9H16O3. The second-order valence-electron chi connectivity index (χ2n) is 3.33. The SMILES string of the molecule is C=COCCCC(C)(C)C(=O)O.